The van der Waals surface area contributed by atoms with Gasteiger partial charge in [-0.05, 0) is 24.6 Å². The maximum absolute atomic E-state index is 10.9. The van der Waals surface area contributed by atoms with Gasteiger partial charge in [0.05, 0.1) is 6.10 Å². The van der Waals surface area contributed by atoms with Gasteiger partial charge in [0.25, 0.3) is 0 Å². The van der Waals surface area contributed by atoms with Crippen molar-refractivity contribution in [2.24, 2.45) is 0 Å². The lowest BCUT2D eigenvalue weighted by Crippen LogP contribution is -2.50. The van der Waals surface area contributed by atoms with Crippen molar-refractivity contribution in [3.8, 4) is 11.5 Å². The number of rotatable bonds is 4. The van der Waals surface area contributed by atoms with Crippen molar-refractivity contribution in [2.45, 2.75) is 25.0 Å². The smallest absolute Gasteiger partial charge is 0.338 e. The van der Waals surface area contributed by atoms with E-state index in [4.69, 9.17) is 10.2 Å². The van der Waals surface area contributed by atoms with E-state index in [-0.39, 0.29) is 17.7 Å². The highest BCUT2D eigenvalue weighted by Crippen LogP contribution is 2.27. The lowest BCUT2D eigenvalue weighted by molar-refractivity contribution is -0.170. The third kappa shape index (κ3) is 2.66. The number of phenols is 2. The molecule has 1 unspecified atom stereocenters. The molecule has 94 valence electrons. The number of hydrogen-bond donors (Lipinski definition) is 5. The van der Waals surface area contributed by atoms with Gasteiger partial charge in [0.15, 0.2) is 17.1 Å². The molecule has 17 heavy (non-hydrogen) atoms. The summed E-state index contributed by atoms with van der Waals surface area (Å²) < 4.78 is 0. The van der Waals surface area contributed by atoms with Gasteiger partial charge in [0.2, 0.25) is 0 Å². The van der Waals surface area contributed by atoms with Crippen molar-refractivity contribution in [1.29, 1.82) is 0 Å². The minimum atomic E-state index is -2.33. The monoisotopic (exact) mass is 242 g/mol. The topological polar surface area (TPSA) is 118 Å². The molecular weight excluding hydrogens is 228 g/mol. The summed E-state index contributed by atoms with van der Waals surface area (Å²) in [5.41, 5.74) is -2.05. The molecule has 1 aromatic carbocycles. The van der Waals surface area contributed by atoms with Crippen LogP contribution in [0.1, 0.15) is 12.5 Å². The maximum Gasteiger partial charge on any atom is 0.338 e. The van der Waals surface area contributed by atoms with Crippen molar-refractivity contribution in [2.75, 3.05) is 0 Å². The van der Waals surface area contributed by atoms with Gasteiger partial charge in [-0.25, -0.2) is 4.79 Å². The van der Waals surface area contributed by atoms with E-state index < -0.39 is 23.4 Å². The van der Waals surface area contributed by atoms with Crippen LogP contribution in [0, 0.1) is 0 Å². The molecule has 0 saturated heterocycles. The van der Waals surface area contributed by atoms with Crippen LogP contribution in [0.25, 0.3) is 0 Å². The summed E-state index contributed by atoms with van der Waals surface area (Å²) >= 11 is 0. The molecule has 0 amide bonds. The first-order chi connectivity index (χ1) is 7.77. The van der Waals surface area contributed by atoms with Crippen LogP contribution in [-0.2, 0) is 11.2 Å². The van der Waals surface area contributed by atoms with Crippen LogP contribution in [0.4, 0.5) is 0 Å². The molecule has 0 bridgehead atoms. The van der Waals surface area contributed by atoms with Gasteiger partial charge < -0.3 is 25.5 Å². The number of aromatic hydroxyl groups is 2. The third-order valence-corrected chi connectivity index (χ3v) is 2.57. The zero-order valence-corrected chi connectivity index (χ0v) is 9.16. The summed E-state index contributed by atoms with van der Waals surface area (Å²) in [5, 5.41) is 46.3. The molecule has 0 saturated carbocycles. The van der Waals surface area contributed by atoms with E-state index in [2.05, 4.69) is 0 Å². The van der Waals surface area contributed by atoms with Crippen molar-refractivity contribution in [3.63, 3.8) is 0 Å². The van der Waals surface area contributed by atoms with Gasteiger partial charge in [0, 0.05) is 6.42 Å². The zero-order chi connectivity index (χ0) is 13.2. The first kappa shape index (κ1) is 13.3. The quantitative estimate of drug-likeness (QED) is 0.468. The lowest BCUT2D eigenvalue weighted by atomic mass is 9.90. The zero-order valence-electron chi connectivity index (χ0n) is 9.16. The first-order valence-corrected chi connectivity index (χ1v) is 4.92. The van der Waals surface area contributed by atoms with Gasteiger partial charge in [-0.1, -0.05) is 6.07 Å². The average Bonchev–Trinajstić information content (AvgIpc) is 2.22. The van der Waals surface area contributed by atoms with Gasteiger partial charge in [-0.2, -0.15) is 0 Å². The number of carboxylic acids is 1. The van der Waals surface area contributed by atoms with Crippen LogP contribution in [0.2, 0.25) is 0 Å². The fraction of sp³-hybridized carbons (Fsp3) is 0.364. The minimum absolute atomic E-state index is 0.283. The Kier molecular flexibility index (Phi) is 3.59. The number of carbonyl (C=O) groups is 1. The van der Waals surface area contributed by atoms with Gasteiger partial charge in [0.1, 0.15) is 0 Å². The molecular formula is C11H14O6. The highest BCUT2D eigenvalue weighted by Gasteiger charge is 2.41. The molecule has 0 spiro atoms. The number of hydrogen-bond acceptors (Lipinski definition) is 5. The Morgan fingerprint density at radius 1 is 1.35 bits per heavy atom. The molecule has 1 aromatic rings. The number of benzene rings is 1. The predicted molar refractivity (Wildman–Crippen MR) is 57.7 cm³/mol. The second-order valence-electron chi connectivity index (χ2n) is 3.91. The van der Waals surface area contributed by atoms with Crippen LogP contribution >= 0.6 is 0 Å². The molecule has 2 atom stereocenters. The lowest BCUT2D eigenvalue weighted by Gasteiger charge is -2.26. The molecule has 0 fully saturated rings. The molecule has 5 N–H and O–H groups in total. The number of aliphatic hydroxyl groups is 2. The molecule has 0 aliphatic carbocycles. The Labute approximate surface area is 97.4 Å². The van der Waals surface area contributed by atoms with Crippen molar-refractivity contribution < 1.29 is 30.3 Å². The Balaban J connectivity index is 3.02. The first-order valence-electron chi connectivity index (χ1n) is 4.92. The normalized spacial score (nSPS) is 16.2. The Morgan fingerprint density at radius 2 is 1.94 bits per heavy atom. The molecule has 0 aromatic heterocycles. The van der Waals surface area contributed by atoms with Gasteiger partial charge >= 0.3 is 5.97 Å². The largest absolute Gasteiger partial charge is 0.504 e. The summed E-state index contributed by atoms with van der Waals surface area (Å²) in [6.07, 6.45) is -1.86. The fourth-order valence-electron chi connectivity index (χ4n) is 1.39. The average molecular weight is 242 g/mol. The van der Waals surface area contributed by atoms with E-state index in [1.165, 1.54) is 12.1 Å². The van der Waals surface area contributed by atoms with Crippen molar-refractivity contribution in [1.82, 2.24) is 0 Å². The van der Waals surface area contributed by atoms with E-state index in [1.807, 2.05) is 0 Å². The van der Waals surface area contributed by atoms with Crippen LogP contribution < -0.4 is 0 Å². The van der Waals surface area contributed by atoms with Crippen LogP contribution in [0.15, 0.2) is 18.2 Å². The highest BCUT2D eigenvalue weighted by molar-refractivity contribution is 5.78. The van der Waals surface area contributed by atoms with E-state index >= 15 is 0 Å². The molecule has 0 radical (unpaired) electrons. The Hall–Kier alpha value is -1.79. The second-order valence-corrected chi connectivity index (χ2v) is 3.91. The summed E-state index contributed by atoms with van der Waals surface area (Å²) in [6, 6.07) is 3.66. The minimum Gasteiger partial charge on any atom is -0.504 e. The predicted octanol–water partition coefficient (Wildman–Crippen LogP) is -0.163. The summed E-state index contributed by atoms with van der Waals surface area (Å²) in [4.78, 5) is 10.9. The standard InChI is InChI=1S/C11H14O6/c1-6(12)11(17,10(15)16)5-7-2-3-8(13)9(14)4-7/h2-4,6,12-14,17H,5H2,1H3,(H,15,16)/t6-,11?/m0/s1. The van der Waals surface area contributed by atoms with Crippen LogP contribution in [0.3, 0.4) is 0 Å². The maximum atomic E-state index is 10.9. The highest BCUT2D eigenvalue weighted by atomic mass is 16.4. The molecule has 6 nitrogen and oxygen atoms in total. The molecule has 6 heteroatoms. The van der Waals surface area contributed by atoms with Crippen molar-refractivity contribution >= 4 is 5.97 Å². The Morgan fingerprint density at radius 3 is 2.35 bits per heavy atom. The Bertz CT molecular complexity index is 428. The van der Waals surface area contributed by atoms with E-state index in [0.717, 1.165) is 13.0 Å². The number of aliphatic hydroxyl groups excluding tert-OH is 1. The number of carboxylic acid groups (broad SMARTS) is 1. The number of aliphatic carboxylic acids is 1. The molecule has 0 aliphatic heterocycles. The summed E-state index contributed by atoms with van der Waals surface area (Å²) in [7, 11) is 0. The molecule has 0 aliphatic rings. The summed E-state index contributed by atoms with van der Waals surface area (Å²) in [5.74, 6) is -2.31. The third-order valence-electron chi connectivity index (χ3n) is 2.57. The van der Waals surface area contributed by atoms with Crippen LogP contribution in [0.5, 0.6) is 11.5 Å². The second kappa shape index (κ2) is 4.60. The SMILES string of the molecule is C[C@H](O)C(O)(Cc1ccc(O)c(O)c1)C(=O)O. The van der Waals surface area contributed by atoms with Crippen molar-refractivity contribution in [3.05, 3.63) is 23.8 Å². The number of phenolic OH excluding ortho intramolecular Hbond substituents is 2. The fourth-order valence-corrected chi connectivity index (χ4v) is 1.39. The van der Waals surface area contributed by atoms with E-state index in [0.29, 0.717) is 0 Å². The summed E-state index contributed by atoms with van der Waals surface area (Å²) in [6.45, 7) is 1.16. The molecule has 1 rings (SSSR count). The van der Waals surface area contributed by atoms with E-state index in [1.54, 1.807) is 0 Å². The molecule has 0 heterocycles. The van der Waals surface area contributed by atoms with Gasteiger partial charge in [-0.15, -0.1) is 0 Å². The van der Waals surface area contributed by atoms with Gasteiger partial charge in [-0.3, -0.25) is 0 Å². The van der Waals surface area contributed by atoms with E-state index in [9.17, 15) is 20.1 Å². The van der Waals surface area contributed by atoms with Crippen LogP contribution in [-0.4, -0.2) is 43.2 Å².